The number of rotatable bonds is 2. The summed E-state index contributed by atoms with van der Waals surface area (Å²) in [5.74, 6) is 0.0405. The first kappa shape index (κ1) is 11.9. The number of nitrogens with one attached hydrogen (secondary N) is 2. The van der Waals surface area contributed by atoms with E-state index in [0.29, 0.717) is 0 Å². The van der Waals surface area contributed by atoms with Gasteiger partial charge in [0.25, 0.3) is 5.91 Å². The number of hydrogen-bond donors (Lipinski definition) is 2. The SMILES string of the molecule is O=C(N[C@@H]1CCCNC1)c1ccccc1I. The Labute approximate surface area is 109 Å². The van der Waals surface area contributed by atoms with Crippen molar-refractivity contribution < 1.29 is 4.79 Å². The van der Waals surface area contributed by atoms with Crippen LogP contribution in [0.4, 0.5) is 0 Å². The van der Waals surface area contributed by atoms with Crippen LogP contribution < -0.4 is 10.6 Å². The molecule has 0 aliphatic carbocycles. The molecule has 1 aromatic carbocycles. The van der Waals surface area contributed by atoms with Gasteiger partial charge in [0.2, 0.25) is 0 Å². The standard InChI is InChI=1S/C12H15IN2O/c13-11-6-2-1-5-10(11)12(16)15-9-4-3-7-14-8-9/h1-2,5-6,9,14H,3-4,7-8H2,(H,15,16)/t9-/m1/s1. The van der Waals surface area contributed by atoms with E-state index in [4.69, 9.17) is 0 Å². The largest absolute Gasteiger partial charge is 0.348 e. The Kier molecular flexibility index (Phi) is 4.17. The summed E-state index contributed by atoms with van der Waals surface area (Å²) in [6.45, 7) is 1.95. The van der Waals surface area contributed by atoms with Gasteiger partial charge in [-0.1, -0.05) is 12.1 Å². The zero-order chi connectivity index (χ0) is 11.4. The van der Waals surface area contributed by atoms with Gasteiger partial charge in [0.05, 0.1) is 5.56 Å². The monoisotopic (exact) mass is 330 g/mol. The van der Waals surface area contributed by atoms with Gasteiger partial charge in [-0.05, 0) is 54.1 Å². The molecular weight excluding hydrogens is 315 g/mol. The first-order chi connectivity index (χ1) is 7.77. The number of halogens is 1. The van der Waals surface area contributed by atoms with Crippen LogP contribution in [0.3, 0.4) is 0 Å². The van der Waals surface area contributed by atoms with E-state index in [1.807, 2.05) is 24.3 Å². The van der Waals surface area contributed by atoms with Crippen molar-refractivity contribution in [2.45, 2.75) is 18.9 Å². The maximum absolute atomic E-state index is 12.0. The topological polar surface area (TPSA) is 41.1 Å². The molecule has 0 unspecified atom stereocenters. The molecule has 0 bridgehead atoms. The lowest BCUT2D eigenvalue weighted by Gasteiger charge is -2.23. The van der Waals surface area contributed by atoms with Crippen molar-refractivity contribution in [3.63, 3.8) is 0 Å². The highest BCUT2D eigenvalue weighted by atomic mass is 127. The minimum absolute atomic E-state index is 0.0405. The lowest BCUT2D eigenvalue weighted by Crippen LogP contribution is -2.45. The Morgan fingerprint density at radius 1 is 1.44 bits per heavy atom. The summed E-state index contributed by atoms with van der Waals surface area (Å²) in [6, 6.07) is 7.94. The predicted molar refractivity (Wildman–Crippen MR) is 72.5 cm³/mol. The summed E-state index contributed by atoms with van der Waals surface area (Å²) >= 11 is 2.19. The summed E-state index contributed by atoms with van der Waals surface area (Å²) in [6.07, 6.45) is 2.21. The zero-order valence-corrected chi connectivity index (χ0v) is 11.2. The Bertz CT molecular complexity index is 375. The van der Waals surface area contributed by atoms with Crippen molar-refractivity contribution >= 4 is 28.5 Å². The van der Waals surface area contributed by atoms with E-state index in [1.54, 1.807) is 0 Å². The fourth-order valence-corrected chi connectivity index (χ4v) is 2.52. The van der Waals surface area contributed by atoms with Gasteiger partial charge in [0, 0.05) is 16.2 Å². The molecule has 1 aromatic rings. The number of carbonyl (C=O) groups excluding carboxylic acids is 1. The van der Waals surface area contributed by atoms with Crippen LogP contribution in [0.25, 0.3) is 0 Å². The quantitative estimate of drug-likeness (QED) is 0.812. The third-order valence-electron chi connectivity index (χ3n) is 2.75. The summed E-state index contributed by atoms with van der Waals surface area (Å²) in [7, 11) is 0. The van der Waals surface area contributed by atoms with E-state index in [9.17, 15) is 4.79 Å². The van der Waals surface area contributed by atoms with E-state index >= 15 is 0 Å². The van der Waals surface area contributed by atoms with E-state index in [-0.39, 0.29) is 11.9 Å². The van der Waals surface area contributed by atoms with Gasteiger partial charge < -0.3 is 10.6 Å². The lowest BCUT2D eigenvalue weighted by molar-refractivity contribution is 0.0930. The molecule has 16 heavy (non-hydrogen) atoms. The summed E-state index contributed by atoms with van der Waals surface area (Å²) in [5.41, 5.74) is 0.772. The fourth-order valence-electron chi connectivity index (χ4n) is 1.88. The molecule has 0 aromatic heterocycles. The number of piperidine rings is 1. The molecule has 1 saturated heterocycles. The molecule has 1 fully saturated rings. The van der Waals surface area contributed by atoms with Gasteiger partial charge in [-0.25, -0.2) is 0 Å². The van der Waals surface area contributed by atoms with Crippen LogP contribution in [0.15, 0.2) is 24.3 Å². The Balaban J connectivity index is 2.00. The van der Waals surface area contributed by atoms with Crippen LogP contribution in [0.1, 0.15) is 23.2 Å². The lowest BCUT2D eigenvalue weighted by atomic mass is 10.1. The Morgan fingerprint density at radius 2 is 2.25 bits per heavy atom. The molecule has 1 amide bonds. The second kappa shape index (κ2) is 5.63. The average Bonchev–Trinajstić information content (AvgIpc) is 2.31. The normalized spacial score (nSPS) is 20.4. The Hall–Kier alpha value is -0.620. The minimum Gasteiger partial charge on any atom is -0.348 e. The van der Waals surface area contributed by atoms with E-state index in [2.05, 4.69) is 33.2 Å². The van der Waals surface area contributed by atoms with Crippen molar-refractivity contribution in [1.29, 1.82) is 0 Å². The van der Waals surface area contributed by atoms with E-state index < -0.39 is 0 Å². The van der Waals surface area contributed by atoms with Crippen LogP contribution in [0, 0.1) is 3.57 Å². The van der Waals surface area contributed by atoms with E-state index in [0.717, 1.165) is 35.1 Å². The molecule has 0 saturated carbocycles. The summed E-state index contributed by atoms with van der Waals surface area (Å²) in [5, 5.41) is 6.36. The number of hydrogen-bond acceptors (Lipinski definition) is 2. The smallest absolute Gasteiger partial charge is 0.252 e. The third kappa shape index (κ3) is 2.95. The van der Waals surface area contributed by atoms with Crippen LogP contribution in [0.2, 0.25) is 0 Å². The Morgan fingerprint density at radius 3 is 2.94 bits per heavy atom. The van der Waals surface area contributed by atoms with Crippen molar-refractivity contribution in [2.75, 3.05) is 13.1 Å². The molecule has 86 valence electrons. The second-order valence-electron chi connectivity index (χ2n) is 4.00. The van der Waals surface area contributed by atoms with Gasteiger partial charge in [-0.15, -0.1) is 0 Å². The molecule has 1 aliphatic rings. The molecule has 1 heterocycles. The second-order valence-corrected chi connectivity index (χ2v) is 5.16. The van der Waals surface area contributed by atoms with Gasteiger partial charge in [0.1, 0.15) is 0 Å². The van der Waals surface area contributed by atoms with Gasteiger partial charge in [0.15, 0.2) is 0 Å². The van der Waals surface area contributed by atoms with Gasteiger partial charge in [-0.2, -0.15) is 0 Å². The van der Waals surface area contributed by atoms with Crippen molar-refractivity contribution in [3.8, 4) is 0 Å². The zero-order valence-electron chi connectivity index (χ0n) is 9.00. The highest BCUT2D eigenvalue weighted by Gasteiger charge is 2.17. The average molecular weight is 330 g/mol. The molecule has 2 N–H and O–H groups in total. The molecular formula is C12H15IN2O. The van der Waals surface area contributed by atoms with Crippen molar-refractivity contribution in [3.05, 3.63) is 33.4 Å². The summed E-state index contributed by atoms with van der Waals surface area (Å²) < 4.78 is 1.00. The van der Waals surface area contributed by atoms with Gasteiger partial charge >= 0.3 is 0 Å². The molecule has 0 spiro atoms. The fraction of sp³-hybridized carbons (Fsp3) is 0.417. The molecule has 3 nitrogen and oxygen atoms in total. The van der Waals surface area contributed by atoms with Crippen LogP contribution in [0.5, 0.6) is 0 Å². The predicted octanol–water partition coefficient (Wildman–Crippen LogP) is 1.77. The highest BCUT2D eigenvalue weighted by molar-refractivity contribution is 14.1. The van der Waals surface area contributed by atoms with Crippen molar-refractivity contribution in [1.82, 2.24) is 10.6 Å². The van der Waals surface area contributed by atoms with Gasteiger partial charge in [-0.3, -0.25) is 4.79 Å². The molecule has 1 atom stereocenters. The van der Waals surface area contributed by atoms with Crippen molar-refractivity contribution in [2.24, 2.45) is 0 Å². The highest BCUT2D eigenvalue weighted by Crippen LogP contribution is 2.12. The maximum atomic E-state index is 12.0. The molecule has 1 aliphatic heterocycles. The number of benzene rings is 1. The number of amides is 1. The number of carbonyl (C=O) groups is 1. The van der Waals surface area contributed by atoms with Crippen LogP contribution in [-0.4, -0.2) is 25.0 Å². The van der Waals surface area contributed by atoms with Crippen LogP contribution in [-0.2, 0) is 0 Å². The summed E-state index contributed by atoms with van der Waals surface area (Å²) in [4.78, 5) is 12.0. The molecule has 4 heteroatoms. The minimum atomic E-state index is 0.0405. The maximum Gasteiger partial charge on any atom is 0.252 e. The first-order valence-corrected chi connectivity index (χ1v) is 6.61. The van der Waals surface area contributed by atoms with Crippen LogP contribution >= 0.6 is 22.6 Å². The third-order valence-corrected chi connectivity index (χ3v) is 3.69. The van der Waals surface area contributed by atoms with E-state index in [1.165, 1.54) is 0 Å². The molecule has 2 rings (SSSR count). The first-order valence-electron chi connectivity index (χ1n) is 5.53. The molecule has 0 radical (unpaired) electrons.